The summed E-state index contributed by atoms with van der Waals surface area (Å²) in [6.07, 6.45) is 2.46. The zero-order valence-corrected chi connectivity index (χ0v) is 19.7. The van der Waals surface area contributed by atoms with E-state index >= 15 is 0 Å². The van der Waals surface area contributed by atoms with Crippen molar-refractivity contribution < 1.29 is 23.8 Å². The SMILES string of the molecule is CCc1ccc(N=c2oc3c(C)ncc(CO)c3cc2C(=O)Nc2ccc(C(=O)OC)cc2)cc1. The Labute approximate surface area is 201 Å². The molecule has 0 aliphatic rings. The number of amides is 1. The summed E-state index contributed by atoms with van der Waals surface area (Å²) in [5.74, 6) is -0.921. The highest BCUT2D eigenvalue weighted by Crippen LogP contribution is 2.22. The predicted octanol–water partition coefficient (Wildman–Crippen LogP) is 4.46. The maximum atomic E-state index is 13.3. The number of ether oxygens (including phenoxy) is 1. The maximum Gasteiger partial charge on any atom is 0.337 e. The minimum atomic E-state index is -0.466. The van der Waals surface area contributed by atoms with E-state index in [0.29, 0.717) is 39.2 Å². The fourth-order valence-electron chi connectivity index (χ4n) is 3.59. The van der Waals surface area contributed by atoms with Gasteiger partial charge in [0.25, 0.3) is 5.91 Å². The van der Waals surface area contributed by atoms with Gasteiger partial charge in [-0.25, -0.2) is 9.79 Å². The lowest BCUT2D eigenvalue weighted by molar-refractivity contribution is 0.0600. The van der Waals surface area contributed by atoms with Gasteiger partial charge in [0.2, 0.25) is 5.55 Å². The molecule has 0 saturated heterocycles. The molecule has 2 aromatic heterocycles. The van der Waals surface area contributed by atoms with Crippen LogP contribution in [0.3, 0.4) is 0 Å². The highest BCUT2D eigenvalue weighted by atomic mass is 16.5. The van der Waals surface area contributed by atoms with Gasteiger partial charge in [-0.3, -0.25) is 9.78 Å². The van der Waals surface area contributed by atoms with Crippen molar-refractivity contribution in [3.05, 3.63) is 94.3 Å². The summed E-state index contributed by atoms with van der Waals surface area (Å²) in [4.78, 5) is 33.9. The number of benzene rings is 2. The van der Waals surface area contributed by atoms with E-state index in [-0.39, 0.29) is 17.7 Å². The van der Waals surface area contributed by atoms with Gasteiger partial charge in [0, 0.05) is 22.8 Å². The molecule has 4 rings (SSSR count). The Kier molecular flexibility index (Phi) is 7.03. The van der Waals surface area contributed by atoms with E-state index in [1.54, 1.807) is 43.5 Å². The lowest BCUT2D eigenvalue weighted by atomic mass is 10.1. The van der Waals surface area contributed by atoms with Gasteiger partial charge in [-0.2, -0.15) is 0 Å². The van der Waals surface area contributed by atoms with Gasteiger partial charge < -0.3 is 19.6 Å². The standard InChI is InChI=1S/C27H25N3O5/c1-4-17-5-9-21(10-6-17)30-26-23(13-22-19(15-31)14-28-16(2)24(22)35-26)25(32)29-20-11-7-18(8-12-20)27(33)34-3/h5-14,31H,4,15H2,1-3H3,(H,29,32). The van der Waals surface area contributed by atoms with Gasteiger partial charge >= 0.3 is 5.97 Å². The van der Waals surface area contributed by atoms with Crippen LogP contribution in [0.25, 0.3) is 11.0 Å². The van der Waals surface area contributed by atoms with Gasteiger partial charge in [-0.1, -0.05) is 19.1 Å². The molecule has 0 saturated carbocycles. The molecule has 4 aromatic rings. The lowest BCUT2D eigenvalue weighted by Crippen LogP contribution is -2.22. The monoisotopic (exact) mass is 471 g/mol. The number of aromatic nitrogens is 1. The number of esters is 1. The van der Waals surface area contributed by atoms with Crippen molar-refractivity contribution in [2.75, 3.05) is 12.4 Å². The normalized spacial score (nSPS) is 11.5. The molecule has 0 fully saturated rings. The zero-order valence-electron chi connectivity index (χ0n) is 19.7. The Bertz CT molecular complexity index is 1460. The summed E-state index contributed by atoms with van der Waals surface area (Å²) in [5.41, 5.74) is 4.54. The highest BCUT2D eigenvalue weighted by molar-refractivity contribution is 6.06. The van der Waals surface area contributed by atoms with Crippen LogP contribution in [0.5, 0.6) is 0 Å². The first-order valence-corrected chi connectivity index (χ1v) is 11.1. The van der Waals surface area contributed by atoms with Gasteiger partial charge in [0.1, 0.15) is 5.56 Å². The van der Waals surface area contributed by atoms with Crippen molar-refractivity contribution in [2.24, 2.45) is 4.99 Å². The molecule has 35 heavy (non-hydrogen) atoms. The summed E-state index contributed by atoms with van der Waals surface area (Å²) in [5, 5.41) is 13.2. The number of carbonyl (C=O) groups excluding carboxylic acids is 2. The van der Waals surface area contributed by atoms with Crippen LogP contribution in [0.15, 0.2) is 70.2 Å². The molecule has 2 aromatic carbocycles. The maximum absolute atomic E-state index is 13.3. The molecule has 0 radical (unpaired) electrons. The number of hydrogen-bond donors (Lipinski definition) is 2. The fourth-order valence-corrected chi connectivity index (χ4v) is 3.59. The summed E-state index contributed by atoms with van der Waals surface area (Å²) in [6, 6.07) is 15.7. The number of pyridine rings is 1. The van der Waals surface area contributed by atoms with Gasteiger partial charge in [0.05, 0.1) is 30.7 Å². The largest absolute Gasteiger partial charge is 0.465 e. The molecule has 8 heteroatoms. The Hall–Kier alpha value is -4.30. The van der Waals surface area contributed by atoms with Crippen LogP contribution < -0.4 is 10.9 Å². The summed E-state index contributed by atoms with van der Waals surface area (Å²) < 4.78 is 10.8. The number of nitrogens with one attached hydrogen (secondary N) is 1. The van der Waals surface area contributed by atoms with Crippen LogP contribution >= 0.6 is 0 Å². The number of aliphatic hydroxyl groups excluding tert-OH is 1. The molecule has 0 bridgehead atoms. The first-order valence-electron chi connectivity index (χ1n) is 11.1. The molecule has 1 amide bonds. The molecule has 8 nitrogen and oxygen atoms in total. The third-order valence-electron chi connectivity index (χ3n) is 5.61. The van der Waals surface area contributed by atoms with Gasteiger partial charge in [0.15, 0.2) is 5.58 Å². The Morgan fingerprint density at radius 3 is 2.46 bits per heavy atom. The zero-order chi connectivity index (χ0) is 24.9. The number of nitrogens with zero attached hydrogens (tertiary/aromatic N) is 2. The third kappa shape index (κ3) is 5.12. The molecule has 0 spiro atoms. The van der Waals surface area contributed by atoms with E-state index in [4.69, 9.17) is 9.15 Å². The van der Waals surface area contributed by atoms with Crippen molar-refractivity contribution in [3.63, 3.8) is 0 Å². The molecular weight excluding hydrogens is 446 g/mol. The minimum Gasteiger partial charge on any atom is -0.465 e. The predicted molar refractivity (Wildman–Crippen MR) is 131 cm³/mol. The average Bonchev–Trinajstić information content (AvgIpc) is 2.89. The van der Waals surface area contributed by atoms with Crippen LogP contribution in [0.4, 0.5) is 11.4 Å². The van der Waals surface area contributed by atoms with E-state index < -0.39 is 11.9 Å². The number of fused-ring (bicyclic) bond motifs is 1. The van der Waals surface area contributed by atoms with Crippen molar-refractivity contribution in [3.8, 4) is 0 Å². The molecule has 2 heterocycles. The summed E-state index contributed by atoms with van der Waals surface area (Å²) >= 11 is 0. The lowest BCUT2D eigenvalue weighted by Gasteiger charge is -2.10. The van der Waals surface area contributed by atoms with E-state index in [0.717, 1.165) is 6.42 Å². The van der Waals surface area contributed by atoms with Crippen LogP contribution in [-0.4, -0.2) is 29.1 Å². The number of carbonyl (C=O) groups is 2. The van der Waals surface area contributed by atoms with Crippen molar-refractivity contribution >= 4 is 34.2 Å². The van der Waals surface area contributed by atoms with E-state index in [9.17, 15) is 14.7 Å². The highest BCUT2D eigenvalue weighted by Gasteiger charge is 2.17. The summed E-state index contributed by atoms with van der Waals surface area (Å²) in [7, 11) is 1.31. The molecule has 0 aliphatic carbocycles. The van der Waals surface area contributed by atoms with Crippen LogP contribution in [0.1, 0.15) is 44.5 Å². The molecular formula is C27H25N3O5. The second-order valence-electron chi connectivity index (χ2n) is 7.89. The number of aryl methyl sites for hydroxylation is 2. The third-order valence-corrected chi connectivity index (χ3v) is 5.61. The Morgan fingerprint density at radius 2 is 1.83 bits per heavy atom. The molecule has 178 valence electrons. The topological polar surface area (TPSA) is 114 Å². The molecule has 0 unspecified atom stereocenters. The van der Waals surface area contributed by atoms with E-state index in [1.165, 1.54) is 12.7 Å². The van der Waals surface area contributed by atoms with Crippen molar-refractivity contribution in [2.45, 2.75) is 26.9 Å². The minimum absolute atomic E-state index is 0.116. The fraction of sp³-hybridized carbons (Fsp3) is 0.185. The number of aliphatic hydroxyl groups is 1. The molecule has 0 aliphatic heterocycles. The average molecular weight is 472 g/mol. The molecule has 2 N–H and O–H groups in total. The first kappa shape index (κ1) is 23.8. The number of rotatable bonds is 6. The van der Waals surface area contributed by atoms with Crippen LogP contribution in [0, 0.1) is 6.92 Å². The first-order chi connectivity index (χ1) is 16.9. The number of hydrogen-bond acceptors (Lipinski definition) is 7. The van der Waals surface area contributed by atoms with Crippen molar-refractivity contribution in [1.29, 1.82) is 0 Å². The number of methoxy groups -OCH3 is 1. The second-order valence-corrected chi connectivity index (χ2v) is 7.89. The molecule has 0 atom stereocenters. The second kappa shape index (κ2) is 10.3. The van der Waals surface area contributed by atoms with Gasteiger partial charge in [-0.05, 0) is 61.4 Å². The Balaban J connectivity index is 1.82. The number of anilines is 1. The van der Waals surface area contributed by atoms with Crippen LogP contribution in [-0.2, 0) is 17.8 Å². The van der Waals surface area contributed by atoms with E-state index in [2.05, 4.69) is 22.2 Å². The smallest absolute Gasteiger partial charge is 0.337 e. The summed E-state index contributed by atoms with van der Waals surface area (Å²) in [6.45, 7) is 3.60. The van der Waals surface area contributed by atoms with Gasteiger partial charge in [-0.15, -0.1) is 0 Å². The van der Waals surface area contributed by atoms with E-state index in [1.807, 2.05) is 24.3 Å². The Morgan fingerprint density at radius 1 is 1.11 bits per heavy atom. The van der Waals surface area contributed by atoms with Crippen LogP contribution in [0.2, 0.25) is 0 Å². The van der Waals surface area contributed by atoms with Crippen molar-refractivity contribution in [1.82, 2.24) is 4.98 Å². The quantitative estimate of drug-likeness (QED) is 0.401.